The number of rotatable bonds is 4. The van der Waals surface area contributed by atoms with Crippen LogP contribution in [0, 0.1) is 0 Å². The molecule has 1 saturated heterocycles. The van der Waals surface area contributed by atoms with E-state index < -0.39 is 17.4 Å². The van der Waals surface area contributed by atoms with Crippen LogP contribution < -0.4 is 10.2 Å². The number of anilines is 2. The van der Waals surface area contributed by atoms with Crippen molar-refractivity contribution in [2.75, 3.05) is 36.5 Å². The summed E-state index contributed by atoms with van der Waals surface area (Å²) in [6.07, 6.45) is 2.54. The molecule has 6 nitrogen and oxygen atoms in total. The molecular weight excluding hydrogens is 389 g/mol. The van der Waals surface area contributed by atoms with Gasteiger partial charge in [-0.2, -0.15) is 8.78 Å². The Morgan fingerprint density at radius 1 is 1.19 bits per heavy atom. The van der Waals surface area contributed by atoms with E-state index in [-0.39, 0.29) is 15.7 Å². The second-order valence-electron chi connectivity index (χ2n) is 5.50. The molecule has 1 aliphatic rings. The first-order chi connectivity index (χ1) is 12.4. The quantitative estimate of drug-likeness (QED) is 0.848. The Labute approximate surface area is 158 Å². The number of amides is 1. The molecule has 10 heteroatoms. The minimum atomic E-state index is -3.87. The molecule has 0 bridgehead atoms. The lowest BCUT2D eigenvalue weighted by atomic mass is 10.1. The number of hydrogen-bond donors (Lipinski definition) is 1. The molecule has 0 atom stereocenters. The van der Waals surface area contributed by atoms with E-state index in [4.69, 9.17) is 27.9 Å². The number of ether oxygens (including phenoxy) is 1. The Balaban J connectivity index is 1.73. The summed E-state index contributed by atoms with van der Waals surface area (Å²) < 4.78 is 34.1. The lowest BCUT2D eigenvalue weighted by Gasteiger charge is -2.26. The molecule has 0 saturated carbocycles. The first-order valence-corrected chi connectivity index (χ1v) is 8.43. The van der Waals surface area contributed by atoms with Gasteiger partial charge in [-0.05, 0) is 6.07 Å². The average molecular weight is 403 g/mol. The van der Waals surface area contributed by atoms with Crippen LogP contribution in [-0.4, -0.2) is 42.2 Å². The van der Waals surface area contributed by atoms with Crippen molar-refractivity contribution in [2.24, 2.45) is 0 Å². The number of aromatic nitrogens is 2. The summed E-state index contributed by atoms with van der Waals surface area (Å²) in [4.78, 5) is 22.1. The molecule has 0 radical (unpaired) electrons. The Morgan fingerprint density at radius 2 is 1.85 bits per heavy atom. The van der Waals surface area contributed by atoms with E-state index in [1.807, 2.05) is 4.90 Å². The molecule has 138 valence electrons. The number of carbonyl (C=O) groups is 1. The summed E-state index contributed by atoms with van der Waals surface area (Å²) in [5, 5.41) is 1.67. The van der Waals surface area contributed by atoms with Crippen LogP contribution in [0.3, 0.4) is 0 Å². The van der Waals surface area contributed by atoms with Gasteiger partial charge in [-0.1, -0.05) is 35.3 Å². The normalized spacial score (nSPS) is 15.0. The second-order valence-corrected chi connectivity index (χ2v) is 6.29. The Kier molecular flexibility index (Phi) is 5.55. The number of hydrogen-bond acceptors (Lipinski definition) is 5. The molecule has 1 amide bonds. The Hall–Kier alpha value is -2.03. The zero-order valence-electron chi connectivity index (χ0n) is 13.4. The van der Waals surface area contributed by atoms with Gasteiger partial charge in [0.15, 0.2) is 0 Å². The predicted molar refractivity (Wildman–Crippen MR) is 94.0 cm³/mol. The van der Waals surface area contributed by atoms with Crippen LogP contribution in [0.1, 0.15) is 5.56 Å². The lowest BCUT2D eigenvalue weighted by Crippen LogP contribution is -2.37. The van der Waals surface area contributed by atoms with Crippen LogP contribution >= 0.6 is 23.2 Å². The Morgan fingerprint density at radius 3 is 2.50 bits per heavy atom. The van der Waals surface area contributed by atoms with Crippen LogP contribution in [0.25, 0.3) is 0 Å². The summed E-state index contributed by atoms with van der Waals surface area (Å²) in [5.74, 6) is -4.98. The van der Waals surface area contributed by atoms with Gasteiger partial charge >= 0.3 is 5.92 Å². The van der Waals surface area contributed by atoms with Crippen molar-refractivity contribution >= 4 is 40.7 Å². The smallest absolute Gasteiger partial charge is 0.351 e. The molecule has 1 aliphatic heterocycles. The first-order valence-electron chi connectivity index (χ1n) is 7.68. The van der Waals surface area contributed by atoms with Crippen molar-refractivity contribution in [1.29, 1.82) is 0 Å². The van der Waals surface area contributed by atoms with Crippen LogP contribution in [-0.2, 0) is 15.5 Å². The topological polar surface area (TPSA) is 67.4 Å². The van der Waals surface area contributed by atoms with Crippen LogP contribution in [0.5, 0.6) is 0 Å². The van der Waals surface area contributed by atoms with Crippen molar-refractivity contribution in [3.05, 3.63) is 46.2 Å². The van der Waals surface area contributed by atoms with Crippen molar-refractivity contribution < 1.29 is 18.3 Å². The fourth-order valence-corrected chi connectivity index (χ4v) is 2.81. The molecule has 3 rings (SSSR count). The van der Waals surface area contributed by atoms with Crippen molar-refractivity contribution in [2.45, 2.75) is 5.92 Å². The summed E-state index contributed by atoms with van der Waals surface area (Å²) in [7, 11) is 0. The largest absolute Gasteiger partial charge is 0.378 e. The summed E-state index contributed by atoms with van der Waals surface area (Å²) in [5.41, 5.74) is -0.625. The Bertz CT molecular complexity index is 799. The molecule has 26 heavy (non-hydrogen) atoms. The highest BCUT2D eigenvalue weighted by Crippen LogP contribution is 2.37. The number of alkyl halides is 2. The van der Waals surface area contributed by atoms with E-state index in [1.165, 1.54) is 24.5 Å². The third kappa shape index (κ3) is 3.87. The minimum absolute atomic E-state index is 0.0461. The maximum absolute atomic E-state index is 14.4. The third-order valence-electron chi connectivity index (χ3n) is 3.77. The van der Waals surface area contributed by atoms with Gasteiger partial charge in [-0.15, -0.1) is 0 Å². The standard InChI is InChI=1S/C16H14Cl2F2N4O2/c17-12-3-1-2-11(13(12)18)16(19,20)14(25)23-10-8-21-15(22-9-10)24-4-6-26-7-5-24/h1-3,8-9H,4-7H2,(H,23,25). The fourth-order valence-electron chi connectivity index (χ4n) is 2.39. The number of carbonyl (C=O) groups excluding carboxylic acids is 1. The van der Waals surface area contributed by atoms with E-state index in [1.54, 1.807) is 0 Å². The molecule has 1 aromatic carbocycles. The molecule has 2 aromatic rings. The molecule has 0 spiro atoms. The lowest BCUT2D eigenvalue weighted by molar-refractivity contribution is -0.140. The SMILES string of the molecule is O=C(Nc1cnc(N2CCOCC2)nc1)C(F)(F)c1cccc(Cl)c1Cl. The molecule has 2 heterocycles. The van der Waals surface area contributed by atoms with Crippen LogP contribution in [0.2, 0.25) is 10.0 Å². The van der Waals surface area contributed by atoms with E-state index in [0.717, 1.165) is 6.07 Å². The molecule has 0 unspecified atom stereocenters. The maximum atomic E-state index is 14.4. The number of halogens is 4. The third-order valence-corrected chi connectivity index (χ3v) is 4.58. The van der Waals surface area contributed by atoms with Gasteiger partial charge in [0.05, 0.1) is 46.9 Å². The van der Waals surface area contributed by atoms with E-state index >= 15 is 0 Å². The van der Waals surface area contributed by atoms with Gasteiger partial charge in [0.2, 0.25) is 5.95 Å². The van der Waals surface area contributed by atoms with Gasteiger partial charge < -0.3 is 15.0 Å². The molecule has 1 N–H and O–H groups in total. The van der Waals surface area contributed by atoms with E-state index in [2.05, 4.69) is 15.3 Å². The first kappa shape index (κ1) is 18.8. The highest BCUT2D eigenvalue weighted by atomic mass is 35.5. The zero-order chi connectivity index (χ0) is 18.7. The monoisotopic (exact) mass is 402 g/mol. The predicted octanol–water partition coefficient (Wildman–Crippen LogP) is 3.35. The highest BCUT2D eigenvalue weighted by molar-refractivity contribution is 6.42. The van der Waals surface area contributed by atoms with Crippen LogP contribution in [0.4, 0.5) is 20.4 Å². The minimum Gasteiger partial charge on any atom is -0.378 e. The van der Waals surface area contributed by atoms with Crippen molar-refractivity contribution in [1.82, 2.24) is 9.97 Å². The average Bonchev–Trinajstić information content (AvgIpc) is 2.65. The summed E-state index contributed by atoms with van der Waals surface area (Å²) in [6, 6.07) is 3.70. The second kappa shape index (κ2) is 7.69. The van der Waals surface area contributed by atoms with Crippen molar-refractivity contribution in [3.63, 3.8) is 0 Å². The van der Waals surface area contributed by atoms with Crippen molar-refractivity contribution in [3.8, 4) is 0 Å². The summed E-state index contributed by atoms with van der Waals surface area (Å²) >= 11 is 11.5. The molecule has 1 aromatic heterocycles. The molecule has 1 fully saturated rings. The van der Waals surface area contributed by atoms with Gasteiger partial charge in [0.1, 0.15) is 0 Å². The fraction of sp³-hybridized carbons (Fsp3) is 0.312. The zero-order valence-corrected chi connectivity index (χ0v) is 14.9. The van der Waals surface area contributed by atoms with E-state index in [9.17, 15) is 13.6 Å². The number of benzene rings is 1. The van der Waals surface area contributed by atoms with Crippen LogP contribution in [0.15, 0.2) is 30.6 Å². The molecule has 0 aliphatic carbocycles. The number of nitrogens with one attached hydrogen (secondary N) is 1. The number of morpholine rings is 1. The van der Waals surface area contributed by atoms with E-state index in [0.29, 0.717) is 32.3 Å². The van der Waals surface area contributed by atoms with Gasteiger partial charge in [-0.3, -0.25) is 4.79 Å². The van der Waals surface area contributed by atoms with Gasteiger partial charge in [-0.25, -0.2) is 9.97 Å². The number of nitrogens with zero attached hydrogens (tertiary/aromatic N) is 3. The molecular formula is C16H14Cl2F2N4O2. The van der Waals surface area contributed by atoms with Gasteiger partial charge in [0.25, 0.3) is 5.91 Å². The maximum Gasteiger partial charge on any atom is 0.351 e. The summed E-state index contributed by atoms with van der Waals surface area (Å²) in [6.45, 7) is 2.40. The highest BCUT2D eigenvalue weighted by Gasteiger charge is 2.43. The van der Waals surface area contributed by atoms with Gasteiger partial charge in [0, 0.05) is 13.1 Å².